The van der Waals surface area contributed by atoms with Gasteiger partial charge in [0.2, 0.25) is 0 Å². The molecule has 0 bridgehead atoms. The third kappa shape index (κ3) is 3.36. The monoisotopic (exact) mass is 227 g/mol. The molecule has 1 aromatic rings. The molecule has 2 nitrogen and oxygen atoms in total. The van der Waals surface area contributed by atoms with Gasteiger partial charge in [-0.3, -0.25) is 4.79 Å². The molecule has 0 aliphatic heterocycles. The van der Waals surface area contributed by atoms with E-state index in [9.17, 15) is 9.18 Å². The maximum Gasteiger partial charge on any atom is 0.254 e. The molecule has 0 fully saturated rings. The van der Waals surface area contributed by atoms with Crippen LogP contribution in [0.5, 0.6) is 0 Å². The molecule has 80 valence electrons. The molecule has 0 atom stereocenters. The number of halogens is 2. The summed E-state index contributed by atoms with van der Waals surface area (Å²) in [6, 6.07) is 3.88. The second kappa shape index (κ2) is 5.51. The predicted molar refractivity (Wildman–Crippen MR) is 58.6 cm³/mol. The molecule has 1 aromatic carbocycles. The highest BCUT2D eigenvalue weighted by Gasteiger charge is 2.10. The minimum absolute atomic E-state index is 0.0352. The molecule has 0 aromatic heterocycles. The highest BCUT2D eigenvalue weighted by molar-refractivity contribution is 6.30. The van der Waals surface area contributed by atoms with E-state index in [-0.39, 0.29) is 5.56 Å². The van der Waals surface area contributed by atoms with Crippen molar-refractivity contribution in [2.24, 2.45) is 0 Å². The van der Waals surface area contributed by atoms with E-state index in [0.717, 1.165) is 0 Å². The molecule has 0 unspecified atom stereocenters. The van der Waals surface area contributed by atoms with E-state index in [1.54, 1.807) is 12.2 Å². The van der Waals surface area contributed by atoms with Crippen LogP contribution in [0.2, 0.25) is 5.02 Å². The first kappa shape index (κ1) is 11.7. The summed E-state index contributed by atoms with van der Waals surface area (Å²) in [5.74, 6) is -1.04. The molecule has 15 heavy (non-hydrogen) atoms. The lowest BCUT2D eigenvalue weighted by Crippen LogP contribution is -2.24. The van der Waals surface area contributed by atoms with Gasteiger partial charge in [0, 0.05) is 11.6 Å². The van der Waals surface area contributed by atoms with Crippen molar-refractivity contribution in [1.82, 2.24) is 5.32 Å². The number of hydrogen-bond donors (Lipinski definition) is 1. The Labute approximate surface area is 92.7 Å². The third-order valence-corrected chi connectivity index (χ3v) is 2.02. The molecule has 0 saturated heterocycles. The number of rotatable bonds is 3. The van der Waals surface area contributed by atoms with E-state index in [4.69, 9.17) is 11.6 Å². The van der Waals surface area contributed by atoms with E-state index < -0.39 is 11.7 Å². The van der Waals surface area contributed by atoms with E-state index >= 15 is 0 Å². The van der Waals surface area contributed by atoms with Crippen LogP contribution in [0.3, 0.4) is 0 Å². The van der Waals surface area contributed by atoms with E-state index in [1.807, 2.05) is 6.92 Å². The van der Waals surface area contributed by atoms with Crippen LogP contribution in [0, 0.1) is 5.82 Å². The first-order valence-corrected chi connectivity index (χ1v) is 4.87. The number of carbonyl (C=O) groups excluding carboxylic acids is 1. The molecular weight excluding hydrogens is 217 g/mol. The van der Waals surface area contributed by atoms with Gasteiger partial charge in [0.15, 0.2) is 0 Å². The summed E-state index contributed by atoms with van der Waals surface area (Å²) in [5, 5.41) is 2.88. The number of benzene rings is 1. The lowest BCUT2D eigenvalue weighted by atomic mass is 10.2. The van der Waals surface area contributed by atoms with Gasteiger partial charge in [0.25, 0.3) is 5.91 Å². The summed E-state index contributed by atoms with van der Waals surface area (Å²) in [6.45, 7) is 2.22. The highest BCUT2D eigenvalue weighted by atomic mass is 35.5. The Hall–Kier alpha value is -1.35. The summed E-state index contributed by atoms with van der Waals surface area (Å²) >= 11 is 5.66. The van der Waals surface area contributed by atoms with Gasteiger partial charge >= 0.3 is 0 Å². The Morgan fingerprint density at radius 1 is 1.60 bits per heavy atom. The Bertz CT molecular complexity index is 390. The fourth-order valence-corrected chi connectivity index (χ4v) is 1.21. The molecule has 0 radical (unpaired) electrons. The lowest BCUT2D eigenvalue weighted by Gasteiger charge is -2.03. The average Bonchev–Trinajstić information content (AvgIpc) is 2.22. The third-order valence-electron chi connectivity index (χ3n) is 1.79. The zero-order chi connectivity index (χ0) is 11.3. The second-order valence-electron chi connectivity index (χ2n) is 2.90. The SMILES string of the molecule is C/C=C/CNC(=O)c1cc(Cl)ccc1F. The summed E-state index contributed by atoms with van der Waals surface area (Å²) in [7, 11) is 0. The van der Waals surface area contributed by atoms with Crippen molar-refractivity contribution in [1.29, 1.82) is 0 Å². The van der Waals surface area contributed by atoms with E-state index in [1.165, 1.54) is 18.2 Å². The molecule has 1 rings (SSSR count). The van der Waals surface area contributed by atoms with Gasteiger partial charge in [0.05, 0.1) is 5.56 Å². The van der Waals surface area contributed by atoms with Crippen LogP contribution in [-0.4, -0.2) is 12.5 Å². The van der Waals surface area contributed by atoms with Crippen molar-refractivity contribution in [2.75, 3.05) is 6.54 Å². The summed E-state index contributed by atoms with van der Waals surface area (Å²) in [5.41, 5.74) is -0.0352. The van der Waals surface area contributed by atoms with E-state index in [2.05, 4.69) is 5.32 Å². The van der Waals surface area contributed by atoms with Crippen LogP contribution < -0.4 is 5.32 Å². The minimum atomic E-state index is -0.572. The van der Waals surface area contributed by atoms with Crippen LogP contribution in [0.4, 0.5) is 4.39 Å². The molecule has 0 aliphatic rings. The fourth-order valence-electron chi connectivity index (χ4n) is 1.04. The molecule has 1 N–H and O–H groups in total. The van der Waals surface area contributed by atoms with Crippen molar-refractivity contribution >= 4 is 17.5 Å². The quantitative estimate of drug-likeness (QED) is 0.791. The van der Waals surface area contributed by atoms with Crippen LogP contribution in [0.25, 0.3) is 0 Å². The standard InChI is InChI=1S/C11H11ClFNO/c1-2-3-6-14-11(15)9-7-8(12)4-5-10(9)13/h2-5,7H,6H2,1H3,(H,14,15)/b3-2+. The first-order chi connectivity index (χ1) is 7.15. The van der Waals surface area contributed by atoms with Crippen molar-refractivity contribution < 1.29 is 9.18 Å². The normalized spacial score (nSPS) is 10.6. The summed E-state index contributed by atoms with van der Waals surface area (Å²) in [6.07, 6.45) is 3.56. The van der Waals surface area contributed by atoms with Crippen molar-refractivity contribution in [3.63, 3.8) is 0 Å². The molecule has 1 amide bonds. The molecule has 0 aliphatic carbocycles. The first-order valence-electron chi connectivity index (χ1n) is 4.49. The van der Waals surface area contributed by atoms with E-state index in [0.29, 0.717) is 11.6 Å². The van der Waals surface area contributed by atoms with Gasteiger partial charge < -0.3 is 5.32 Å². The minimum Gasteiger partial charge on any atom is -0.348 e. The van der Waals surface area contributed by atoms with Crippen LogP contribution in [-0.2, 0) is 0 Å². The predicted octanol–water partition coefficient (Wildman–Crippen LogP) is 2.79. The zero-order valence-electron chi connectivity index (χ0n) is 8.26. The number of carbonyl (C=O) groups is 1. The van der Waals surface area contributed by atoms with Gasteiger partial charge in [-0.2, -0.15) is 0 Å². The Balaban J connectivity index is 2.77. The van der Waals surface area contributed by atoms with Crippen LogP contribution in [0.15, 0.2) is 30.4 Å². The summed E-state index contributed by atoms with van der Waals surface area (Å²) in [4.78, 5) is 11.4. The Morgan fingerprint density at radius 2 is 2.33 bits per heavy atom. The van der Waals surface area contributed by atoms with Gasteiger partial charge in [0.1, 0.15) is 5.82 Å². The second-order valence-corrected chi connectivity index (χ2v) is 3.34. The van der Waals surface area contributed by atoms with Gasteiger partial charge in [-0.1, -0.05) is 23.8 Å². The number of nitrogens with one attached hydrogen (secondary N) is 1. The zero-order valence-corrected chi connectivity index (χ0v) is 9.01. The lowest BCUT2D eigenvalue weighted by molar-refractivity contribution is 0.0954. The van der Waals surface area contributed by atoms with Crippen molar-refractivity contribution in [3.05, 3.63) is 46.8 Å². The average molecular weight is 228 g/mol. The largest absolute Gasteiger partial charge is 0.348 e. The fraction of sp³-hybridized carbons (Fsp3) is 0.182. The van der Waals surface area contributed by atoms with Gasteiger partial charge in [-0.25, -0.2) is 4.39 Å². The molecule has 0 heterocycles. The maximum absolute atomic E-state index is 13.2. The van der Waals surface area contributed by atoms with Crippen molar-refractivity contribution in [2.45, 2.75) is 6.92 Å². The van der Waals surface area contributed by atoms with Gasteiger partial charge in [-0.15, -0.1) is 0 Å². The van der Waals surface area contributed by atoms with Crippen LogP contribution in [0.1, 0.15) is 17.3 Å². The van der Waals surface area contributed by atoms with Crippen molar-refractivity contribution in [3.8, 4) is 0 Å². The van der Waals surface area contributed by atoms with Gasteiger partial charge in [-0.05, 0) is 25.1 Å². The number of amides is 1. The molecule has 0 saturated carbocycles. The molecular formula is C11H11ClFNO. The highest BCUT2D eigenvalue weighted by Crippen LogP contribution is 2.14. The maximum atomic E-state index is 13.2. The topological polar surface area (TPSA) is 29.1 Å². The molecule has 4 heteroatoms. The van der Waals surface area contributed by atoms with Crippen LogP contribution >= 0.6 is 11.6 Å². The Morgan fingerprint density at radius 3 is 3.00 bits per heavy atom. The number of allylic oxidation sites excluding steroid dienone is 1. The molecule has 0 spiro atoms. The summed E-state index contributed by atoms with van der Waals surface area (Å²) < 4.78 is 13.2. The number of hydrogen-bond acceptors (Lipinski definition) is 1. The smallest absolute Gasteiger partial charge is 0.254 e. The Kier molecular flexibility index (Phi) is 4.31.